The van der Waals surface area contributed by atoms with Crippen LogP contribution in [-0.2, 0) is 9.59 Å². The van der Waals surface area contributed by atoms with Crippen LogP contribution in [0.25, 0.3) is 0 Å². The minimum atomic E-state index is -1.16. The molecule has 0 aromatic heterocycles. The second kappa shape index (κ2) is 7.24. The fraction of sp³-hybridized carbons (Fsp3) is 0.250. The van der Waals surface area contributed by atoms with Crippen LogP contribution in [0.15, 0.2) is 30.3 Å². The molecule has 1 aromatic rings. The van der Waals surface area contributed by atoms with Gasteiger partial charge in [-0.2, -0.15) is 0 Å². The summed E-state index contributed by atoms with van der Waals surface area (Å²) in [6.07, 6.45) is 0. The number of aliphatic hydroxyl groups excluding tert-OH is 1. The minimum Gasteiger partial charge on any atom is -0.394 e. The van der Waals surface area contributed by atoms with E-state index in [2.05, 4.69) is 5.32 Å². The molecule has 0 fully saturated rings. The lowest BCUT2D eigenvalue weighted by Crippen LogP contribution is -2.48. The number of carbonyl (C=O) groups excluding carboxylic acids is 3. The van der Waals surface area contributed by atoms with E-state index in [0.29, 0.717) is 5.56 Å². The maximum Gasteiger partial charge on any atom is 0.251 e. The average molecular weight is 265 g/mol. The average Bonchev–Trinajstić information content (AvgIpc) is 2.44. The van der Waals surface area contributed by atoms with E-state index in [9.17, 15) is 14.4 Å². The molecule has 1 rings (SSSR count). The highest BCUT2D eigenvalue weighted by Crippen LogP contribution is 1.97. The van der Waals surface area contributed by atoms with Gasteiger partial charge in [-0.15, -0.1) is 0 Å². The third kappa shape index (κ3) is 4.86. The van der Waals surface area contributed by atoms with Gasteiger partial charge in [0.2, 0.25) is 11.8 Å². The lowest BCUT2D eigenvalue weighted by Gasteiger charge is -2.09. The highest BCUT2D eigenvalue weighted by atomic mass is 16.3. The van der Waals surface area contributed by atoms with Crippen molar-refractivity contribution in [1.29, 1.82) is 0 Å². The van der Waals surface area contributed by atoms with Crippen molar-refractivity contribution in [2.45, 2.75) is 6.04 Å². The Morgan fingerprint density at radius 2 is 1.84 bits per heavy atom. The van der Waals surface area contributed by atoms with Crippen LogP contribution in [0.3, 0.4) is 0 Å². The zero-order chi connectivity index (χ0) is 14.3. The van der Waals surface area contributed by atoms with Crippen LogP contribution < -0.4 is 16.4 Å². The number of rotatable bonds is 5. The molecule has 7 heteroatoms. The predicted molar refractivity (Wildman–Crippen MR) is 67.0 cm³/mol. The van der Waals surface area contributed by atoms with Gasteiger partial charge in [-0.1, -0.05) is 18.2 Å². The van der Waals surface area contributed by atoms with E-state index in [1.54, 1.807) is 30.3 Å². The molecule has 1 aromatic carbocycles. The Kier molecular flexibility index (Phi) is 5.65. The van der Waals surface area contributed by atoms with Crippen LogP contribution in [0.4, 0.5) is 0 Å². The number of aliphatic hydroxyl groups is 1. The highest BCUT2D eigenvalue weighted by Gasteiger charge is 2.15. The molecule has 0 aliphatic carbocycles. The van der Waals surface area contributed by atoms with Gasteiger partial charge in [-0.3, -0.25) is 19.7 Å². The van der Waals surface area contributed by atoms with Gasteiger partial charge in [0.25, 0.3) is 5.91 Å². The number of imide groups is 1. The summed E-state index contributed by atoms with van der Waals surface area (Å²) in [7, 11) is 0. The quantitative estimate of drug-likeness (QED) is 0.509. The summed E-state index contributed by atoms with van der Waals surface area (Å²) < 4.78 is 0. The molecule has 0 saturated heterocycles. The first kappa shape index (κ1) is 14.8. The van der Waals surface area contributed by atoms with E-state index in [1.807, 2.05) is 5.32 Å². The van der Waals surface area contributed by atoms with Gasteiger partial charge < -0.3 is 16.2 Å². The monoisotopic (exact) mass is 265 g/mol. The zero-order valence-electron chi connectivity index (χ0n) is 10.1. The summed E-state index contributed by atoms with van der Waals surface area (Å²) in [5.41, 5.74) is 5.62. The summed E-state index contributed by atoms with van der Waals surface area (Å²) in [5.74, 6) is -1.91. The maximum atomic E-state index is 11.6. The van der Waals surface area contributed by atoms with Crippen LogP contribution >= 0.6 is 0 Å². The van der Waals surface area contributed by atoms with Crippen molar-refractivity contribution >= 4 is 17.7 Å². The molecule has 0 aliphatic rings. The van der Waals surface area contributed by atoms with Crippen molar-refractivity contribution in [2.24, 2.45) is 5.73 Å². The van der Waals surface area contributed by atoms with Crippen LogP contribution in [0.1, 0.15) is 10.4 Å². The molecule has 0 spiro atoms. The Labute approximate surface area is 109 Å². The Morgan fingerprint density at radius 3 is 2.42 bits per heavy atom. The lowest BCUT2D eigenvalue weighted by atomic mass is 10.2. The second-order valence-electron chi connectivity index (χ2n) is 3.75. The molecule has 19 heavy (non-hydrogen) atoms. The van der Waals surface area contributed by atoms with Crippen molar-refractivity contribution in [3.05, 3.63) is 35.9 Å². The fourth-order valence-corrected chi connectivity index (χ4v) is 1.21. The topological polar surface area (TPSA) is 122 Å². The van der Waals surface area contributed by atoms with E-state index >= 15 is 0 Å². The molecular weight excluding hydrogens is 250 g/mol. The van der Waals surface area contributed by atoms with Crippen molar-refractivity contribution in [1.82, 2.24) is 10.6 Å². The summed E-state index contributed by atoms with van der Waals surface area (Å²) >= 11 is 0. The SMILES string of the molecule is NC(CO)C(=O)NC(=O)CNC(=O)c1ccccc1. The molecular formula is C12H15N3O4. The van der Waals surface area contributed by atoms with Crippen LogP contribution in [-0.4, -0.2) is 42.0 Å². The molecule has 0 aliphatic heterocycles. The normalized spacial score (nSPS) is 11.5. The number of nitrogens with one attached hydrogen (secondary N) is 2. The molecule has 0 saturated carbocycles. The first-order chi connectivity index (χ1) is 9.04. The van der Waals surface area contributed by atoms with Gasteiger partial charge in [0.1, 0.15) is 6.04 Å². The number of nitrogens with two attached hydrogens (primary N) is 1. The van der Waals surface area contributed by atoms with Crippen LogP contribution in [0.2, 0.25) is 0 Å². The summed E-state index contributed by atoms with van der Waals surface area (Å²) in [6.45, 7) is -0.910. The maximum absolute atomic E-state index is 11.6. The first-order valence-electron chi connectivity index (χ1n) is 5.58. The Bertz CT molecular complexity index is 461. The first-order valence-corrected chi connectivity index (χ1v) is 5.58. The molecule has 102 valence electrons. The molecule has 0 radical (unpaired) electrons. The minimum absolute atomic E-state index is 0.350. The van der Waals surface area contributed by atoms with Gasteiger partial charge in [-0.05, 0) is 12.1 Å². The molecule has 0 heterocycles. The number of amides is 3. The van der Waals surface area contributed by atoms with E-state index in [4.69, 9.17) is 10.8 Å². The number of carbonyl (C=O) groups is 3. The molecule has 5 N–H and O–H groups in total. The zero-order valence-corrected chi connectivity index (χ0v) is 10.1. The van der Waals surface area contributed by atoms with E-state index in [-0.39, 0.29) is 6.54 Å². The standard InChI is InChI=1S/C12H15N3O4/c13-9(7-16)12(19)15-10(17)6-14-11(18)8-4-2-1-3-5-8/h1-5,9,16H,6-7,13H2,(H,14,18)(H,15,17,19). The Balaban J connectivity index is 2.39. The van der Waals surface area contributed by atoms with Gasteiger partial charge in [0, 0.05) is 5.56 Å². The lowest BCUT2D eigenvalue weighted by molar-refractivity contribution is -0.131. The largest absolute Gasteiger partial charge is 0.394 e. The van der Waals surface area contributed by atoms with E-state index in [0.717, 1.165) is 0 Å². The van der Waals surface area contributed by atoms with E-state index < -0.39 is 30.4 Å². The number of benzene rings is 1. The molecule has 7 nitrogen and oxygen atoms in total. The van der Waals surface area contributed by atoms with Gasteiger partial charge >= 0.3 is 0 Å². The van der Waals surface area contributed by atoms with Crippen molar-refractivity contribution < 1.29 is 19.5 Å². The summed E-state index contributed by atoms with van der Waals surface area (Å²) in [5, 5.41) is 12.9. The fourth-order valence-electron chi connectivity index (χ4n) is 1.21. The van der Waals surface area contributed by atoms with Gasteiger partial charge in [0.05, 0.1) is 13.2 Å². The smallest absolute Gasteiger partial charge is 0.251 e. The van der Waals surface area contributed by atoms with Gasteiger partial charge in [-0.25, -0.2) is 0 Å². The molecule has 3 amide bonds. The van der Waals surface area contributed by atoms with E-state index in [1.165, 1.54) is 0 Å². The molecule has 1 atom stereocenters. The Hall–Kier alpha value is -2.25. The number of hydrogen-bond donors (Lipinski definition) is 4. The van der Waals surface area contributed by atoms with Crippen molar-refractivity contribution in [3.63, 3.8) is 0 Å². The van der Waals surface area contributed by atoms with Crippen LogP contribution in [0.5, 0.6) is 0 Å². The van der Waals surface area contributed by atoms with Gasteiger partial charge in [0.15, 0.2) is 0 Å². The van der Waals surface area contributed by atoms with Crippen LogP contribution in [0, 0.1) is 0 Å². The predicted octanol–water partition coefficient (Wildman–Crippen LogP) is -1.62. The van der Waals surface area contributed by atoms with Crippen molar-refractivity contribution in [3.8, 4) is 0 Å². The summed E-state index contributed by atoms with van der Waals surface area (Å²) in [6, 6.07) is 7.18. The summed E-state index contributed by atoms with van der Waals surface area (Å²) in [4.78, 5) is 34.1. The highest BCUT2D eigenvalue weighted by molar-refractivity contribution is 6.01. The molecule has 0 bridgehead atoms. The van der Waals surface area contributed by atoms with Crippen molar-refractivity contribution in [2.75, 3.05) is 13.2 Å². The molecule has 1 unspecified atom stereocenters. The third-order valence-electron chi connectivity index (χ3n) is 2.24. The Morgan fingerprint density at radius 1 is 1.21 bits per heavy atom. The third-order valence-corrected chi connectivity index (χ3v) is 2.24. The second-order valence-corrected chi connectivity index (χ2v) is 3.75. The number of hydrogen-bond acceptors (Lipinski definition) is 5.